The van der Waals surface area contributed by atoms with Crippen molar-refractivity contribution in [1.82, 2.24) is 9.97 Å². The average Bonchev–Trinajstić information content (AvgIpc) is 2.17. The summed E-state index contributed by atoms with van der Waals surface area (Å²) in [6, 6.07) is 3.44. The molecule has 3 N–H and O–H groups in total. The quantitative estimate of drug-likeness (QED) is 0.737. The maximum absolute atomic E-state index is 11.3. The molecule has 0 amide bonds. The third-order valence-electron chi connectivity index (χ3n) is 1.96. The number of aromatic nitrogens is 2. The highest BCUT2D eigenvalue weighted by molar-refractivity contribution is 6.31. The van der Waals surface area contributed by atoms with E-state index >= 15 is 0 Å². The van der Waals surface area contributed by atoms with Crippen molar-refractivity contribution in [3.8, 4) is 0 Å². The lowest BCUT2D eigenvalue weighted by Gasteiger charge is -2.00. The van der Waals surface area contributed by atoms with Gasteiger partial charge in [0.05, 0.1) is 5.02 Å². The number of nitrogens with zero attached hydrogens (tertiary/aromatic N) is 1. The Balaban J connectivity index is 2.80. The number of halogens is 1. The number of nitrogens with one attached hydrogen (secondary N) is 1. The summed E-state index contributed by atoms with van der Waals surface area (Å²) in [5, 5.41) is 1.32. The van der Waals surface area contributed by atoms with E-state index in [2.05, 4.69) is 9.97 Å². The molecule has 5 heteroatoms. The Bertz CT molecular complexity index is 535. The van der Waals surface area contributed by atoms with Crippen LogP contribution in [-0.4, -0.2) is 9.97 Å². The van der Waals surface area contributed by atoms with Crippen molar-refractivity contribution in [2.45, 2.75) is 6.54 Å². The zero-order chi connectivity index (χ0) is 10.1. The van der Waals surface area contributed by atoms with E-state index in [1.807, 2.05) is 0 Å². The highest BCUT2D eigenvalue weighted by Gasteiger charge is 2.02. The molecule has 0 fully saturated rings. The molecule has 0 spiro atoms. The van der Waals surface area contributed by atoms with Gasteiger partial charge in [0.1, 0.15) is 5.65 Å². The predicted molar refractivity (Wildman–Crippen MR) is 55.3 cm³/mol. The van der Waals surface area contributed by atoms with Crippen LogP contribution in [0.1, 0.15) is 5.56 Å². The molecule has 0 radical (unpaired) electrons. The summed E-state index contributed by atoms with van der Waals surface area (Å²) in [4.78, 5) is 18.0. The number of aromatic amines is 1. The van der Waals surface area contributed by atoms with Gasteiger partial charge in [-0.3, -0.25) is 4.79 Å². The number of fused-ring (bicyclic) bond motifs is 1. The molecule has 0 aliphatic heterocycles. The lowest BCUT2D eigenvalue weighted by atomic mass is 10.2. The molecule has 2 heterocycles. The number of hydrogen-bond donors (Lipinski definition) is 2. The van der Waals surface area contributed by atoms with E-state index in [9.17, 15) is 4.79 Å². The fourth-order valence-corrected chi connectivity index (χ4v) is 1.43. The molecular formula is C9H8ClN3O. The van der Waals surface area contributed by atoms with Crippen molar-refractivity contribution in [2.75, 3.05) is 0 Å². The zero-order valence-electron chi connectivity index (χ0n) is 7.25. The van der Waals surface area contributed by atoms with Crippen LogP contribution in [0.4, 0.5) is 0 Å². The summed E-state index contributed by atoms with van der Waals surface area (Å²) >= 11 is 5.77. The molecule has 0 unspecified atom stereocenters. The lowest BCUT2D eigenvalue weighted by Crippen LogP contribution is -2.15. The fraction of sp³-hybridized carbons (Fsp3) is 0.111. The Morgan fingerprint density at radius 1 is 1.50 bits per heavy atom. The molecule has 0 bridgehead atoms. The molecule has 2 rings (SSSR count). The molecule has 2 aromatic rings. The van der Waals surface area contributed by atoms with E-state index in [0.29, 0.717) is 16.2 Å². The molecule has 72 valence electrons. The van der Waals surface area contributed by atoms with Gasteiger partial charge in [-0.2, -0.15) is 0 Å². The molecule has 0 saturated carbocycles. The summed E-state index contributed by atoms with van der Waals surface area (Å²) in [5.41, 5.74) is 6.26. The molecule has 4 nitrogen and oxygen atoms in total. The van der Waals surface area contributed by atoms with Crippen molar-refractivity contribution < 1.29 is 0 Å². The van der Waals surface area contributed by atoms with Gasteiger partial charge in [-0.25, -0.2) is 4.98 Å². The minimum absolute atomic E-state index is 0.199. The van der Waals surface area contributed by atoms with Crippen LogP contribution in [0.2, 0.25) is 5.02 Å². The largest absolute Gasteiger partial charge is 0.326 e. The van der Waals surface area contributed by atoms with E-state index < -0.39 is 0 Å². The van der Waals surface area contributed by atoms with Crippen molar-refractivity contribution >= 4 is 22.6 Å². The summed E-state index contributed by atoms with van der Waals surface area (Å²) < 4.78 is 0. The van der Waals surface area contributed by atoms with Crippen LogP contribution in [0.5, 0.6) is 0 Å². The van der Waals surface area contributed by atoms with Crippen LogP contribution in [0, 0.1) is 0 Å². The van der Waals surface area contributed by atoms with Crippen LogP contribution >= 0.6 is 11.6 Å². The molecule has 0 aliphatic carbocycles. The van der Waals surface area contributed by atoms with Crippen molar-refractivity contribution in [1.29, 1.82) is 0 Å². The van der Waals surface area contributed by atoms with Crippen molar-refractivity contribution in [2.24, 2.45) is 5.73 Å². The van der Waals surface area contributed by atoms with Crippen molar-refractivity contribution in [3.63, 3.8) is 0 Å². The van der Waals surface area contributed by atoms with Gasteiger partial charge in [0.15, 0.2) is 0 Å². The van der Waals surface area contributed by atoms with Crippen LogP contribution in [0.3, 0.4) is 0 Å². The first-order valence-electron chi connectivity index (χ1n) is 4.08. The van der Waals surface area contributed by atoms with Gasteiger partial charge >= 0.3 is 0 Å². The third-order valence-corrected chi connectivity index (χ3v) is 2.16. The van der Waals surface area contributed by atoms with E-state index in [1.165, 1.54) is 6.20 Å². The lowest BCUT2D eigenvalue weighted by molar-refractivity contribution is 1.02. The molecule has 0 aliphatic rings. The van der Waals surface area contributed by atoms with Gasteiger partial charge in [-0.05, 0) is 12.1 Å². The van der Waals surface area contributed by atoms with Crippen LogP contribution in [0.25, 0.3) is 11.0 Å². The summed E-state index contributed by atoms with van der Waals surface area (Å²) in [7, 11) is 0. The SMILES string of the molecule is NCc1cc2cc(Cl)cnc2[nH]c1=O. The van der Waals surface area contributed by atoms with Gasteiger partial charge in [0.2, 0.25) is 0 Å². The molecular weight excluding hydrogens is 202 g/mol. The fourth-order valence-electron chi connectivity index (χ4n) is 1.26. The van der Waals surface area contributed by atoms with E-state index in [-0.39, 0.29) is 12.1 Å². The Morgan fingerprint density at radius 2 is 2.29 bits per heavy atom. The predicted octanol–water partition coefficient (Wildman–Crippen LogP) is 1.04. The number of H-pyrrole nitrogens is 1. The van der Waals surface area contributed by atoms with E-state index in [4.69, 9.17) is 17.3 Å². The maximum atomic E-state index is 11.3. The smallest absolute Gasteiger partial charge is 0.254 e. The number of hydrogen-bond acceptors (Lipinski definition) is 3. The van der Waals surface area contributed by atoms with E-state index in [1.54, 1.807) is 12.1 Å². The molecule has 0 aromatic carbocycles. The molecule has 2 aromatic heterocycles. The Labute approximate surface area is 84.7 Å². The van der Waals surface area contributed by atoms with Crippen LogP contribution in [-0.2, 0) is 6.54 Å². The highest BCUT2D eigenvalue weighted by atomic mass is 35.5. The third kappa shape index (κ3) is 1.49. The number of rotatable bonds is 1. The second-order valence-corrected chi connectivity index (χ2v) is 3.36. The average molecular weight is 210 g/mol. The minimum Gasteiger partial charge on any atom is -0.326 e. The summed E-state index contributed by atoms with van der Waals surface area (Å²) in [5.74, 6) is 0. The molecule has 0 saturated heterocycles. The Morgan fingerprint density at radius 3 is 3.00 bits per heavy atom. The zero-order valence-corrected chi connectivity index (χ0v) is 8.01. The number of nitrogens with two attached hydrogens (primary N) is 1. The van der Waals surface area contributed by atoms with Crippen LogP contribution in [0.15, 0.2) is 23.1 Å². The Hall–Kier alpha value is -1.39. The monoisotopic (exact) mass is 209 g/mol. The highest BCUT2D eigenvalue weighted by Crippen LogP contribution is 2.14. The number of pyridine rings is 2. The summed E-state index contributed by atoms with van der Waals surface area (Å²) in [6.07, 6.45) is 1.49. The Kier molecular flexibility index (Phi) is 2.23. The normalized spacial score (nSPS) is 10.7. The second kappa shape index (κ2) is 3.40. The molecule has 14 heavy (non-hydrogen) atoms. The van der Waals surface area contributed by atoms with Gasteiger partial charge in [0.25, 0.3) is 5.56 Å². The second-order valence-electron chi connectivity index (χ2n) is 2.92. The van der Waals surface area contributed by atoms with Gasteiger partial charge in [-0.1, -0.05) is 11.6 Å². The summed E-state index contributed by atoms with van der Waals surface area (Å²) in [6.45, 7) is 0.206. The molecule has 0 atom stereocenters. The standard InChI is InChI=1S/C9H8ClN3O/c10-7-2-5-1-6(3-11)9(14)13-8(5)12-4-7/h1-2,4H,3,11H2,(H,12,13,14). The first-order valence-corrected chi connectivity index (χ1v) is 4.46. The topological polar surface area (TPSA) is 71.8 Å². The van der Waals surface area contributed by atoms with Crippen molar-refractivity contribution in [3.05, 3.63) is 39.3 Å². The van der Waals surface area contributed by atoms with E-state index in [0.717, 1.165) is 5.39 Å². The van der Waals surface area contributed by atoms with Crippen LogP contribution < -0.4 is 11.3 Å². The van der Waals surface area contributed by atoms with Gasteiger partial charge in [0, 0.05) is 23.7 Å². The first-order chi connectivity index (χ1) is 6.70. The minimum atomic E-state index is -0.199. The maximum Gasteiger partial charge on any atom is 0.254 e. The van der Waals surface area contributed by atoms with Gasteiger partial charge < -0.3 is 10.7 Å². The van der Waals surface area contributed by atoms with Gasteiger partial charge in [-0.15, -0.1) is 0 Å². The first kappa shape index (κ1) is 9.18.